The van der Waals surface area contributed by atoms with Gasteiger partial charge in [-0.2, -0.15) is 24.9 Å². The van der Waals surface area contributed by atoms with Gasteiger partial charge in [0.2, 0.25) is 0 Å². The predicted molar refractivity (Wildman–Crippen MR) is 169 cm³/mol. The number of aryl methyl sites for hydroxylation is 1. The molecular formula is C34H31F3N2O5S. The van der Waals surface area contributed by atoms with E-state index in [4.69, 9.17) is 15.6 Å². The van der Waals surface area contributed by atoms with Crippen molar-refractivity contribution in [2.75, 3.05) is 5.75 Å². The maximum Gasteiger partial charge on any atom is 0.416 e. The van der Waals surface area contributed by atoms with Crippen LogP contribution in [0.2, 0.25) is 0 Å². The number of primary amides is 1. The van der Waals surface area contributed by atoms with Crippen molar-refractivity contribution in [1.82, 2.24) is 5.32 Å². The van der Waals surface area contributed by atoms with Crippen LogP contribution >= 0.6 is 11.8 Å². The van der Waals surface area contributed by atoms with E-state index in [1.807, 2.05) is 61.5 Å². The molecule has 4 aromatic rings. The first-order valence-corrected chi connectivity index (χ1v) is 14.7. The van der Waals surface area contributed by atoms with Crippen LogP contribution in [-0.2, 0) is 21.5 Å². The van der Waals surface area contributed by atoms with Gasteiger partial charge in [-0.15, -0.1) is 0 Å². The average molecular weight is 637 g/mol. The second-order valence-corrected chi connectivity index (χ2v) is 10.7. The van der Waals surface area contributed by atoms with E-state index in [0.717, 1.165) is 35.6 Å². The molecule has 4 rings (SSSR count). The van der Waals surface area contributed by atoms with Crippen molar-refractivity contribution >= 4 is 35.6 Å². The zero-order chi connectivity index (χ0) is 32.8. The van der Waals surface area contributed by atoms with Crippen LogP contribution < -0.4 is 15.8 Å². The Morgan fingerprint density at radius 3 is 2.16 bits per heavy atom. The number of carboxylic acid groups (broad SMARTS) is 1. The molecule has 0 heterocycles. The maximum atomic E-state index is 12.7. The van der Waals surface area contributed by atoms with Gasteiger partial charge in [-0.3, -0.25) is 14.4 Å². The van der Waals surface area contributed by atoms with Gasteiger partial charge >= 0.3 is 12.1 Å². The zero-order valence-electron chi connectivity index (χ0n) is 24.2. The minimum Gasteiger partial charge on any atom is -0.481 e. The Bertz CT molecular complexity index is 1610. The van der Waals surface area contributed by atoms with Gasteiger partial charge in [0.05, 0.1) is 12.0 Å². The molecule has 0 saturated heterocycles. The largest absolute Gasteiger partial charge is 0.481 e. The van der Waals surface area contributed by atoms with Gasteiger partial charge in [-0.25, -0.2) is 0 Å². The Hall–Kier alpha value is -5.03. The van der Waals surface area contributed by atoms with Crippen LogP contribution in [0.3, 0.4) is 0 Å². The number of carbonyl (C=O) groups excluding carboxylic acids is 2. The molecule has 0 radical (unpaired) electrons. The Labute approximate surface area is 262 Å². The van der Waals surface area contributed by atoms with E-state index < -0.39 is 29.5 Å². The number of nitrogens with one attached hydrogen (secondary N) is 1. The van der Waals surface area contributed by atoms with Crippen LogP contribution in [0.1, 0.15) is 39.0 Å². The van der Waals surface area contributed by atoms with Crippen LogP contribution in [-0.4, -0.2) is 28.6 Å². The summed E-state index contributed by atoms with van der Waals surface area (Å²) in [6, 6.07) is 27.9. The number of carbonyl (C=O) groups is 3. The van der Waals surface area contributed by atoms with Gasteiger partial charge in [0.15, 0.2) is 0 Å². The lowest BCUT2D eigenvalue weighted by atomic mass is 10.1. The molecule has 0 bridgehead atoms. The number of carboxylic acids is 1. The summed E-state index contributed by atoms with van der Waals surface area (Å²) < 4.78 is 43.8. The molecule has 4 aromatic carbocycles. The van der Waals surface area contributed by atoms with Gasteiger partial charge < -0.3 is 20.9 Å². The normalized spacial score (nSPS) is 11.2. The summed E-state index contributed by atoms with van der Waals surface area (Å²) in [4.78, 5) is 34.4. The van der Waals surface area contributed by atoms with E-state index >= 15 is 0 Å². The van der Waals surface area contributed by atoms with Gasteiger partial charge in [0, 0.05) is 17.1 Å². The van der Waals surface area contributed by atoms with Crippen molar-refractivity contribution in [3.05, 3.63) is 137 Å². The highest BCUT2D eigenvalue weighted by molar-refractivity contribution is 7.98. The Kier molecular flexibility index (Phi) is 12.8. The number of alkyl halides is 3. The SMILES string of the molecule is Cc1ccc(Oc2cccc(/C=C(/NC(=O)c3ccc(C(F)(F)F)cc3)C(N)=O)c2)cc1.O=C(O)CCSCc1ccccc1. The van der Waals surface area contributed by atoms with Gasteiger partial charge in [-0.05, 0) is 72.7 Å². The standard InChI is InChI=1S/C24H19F3N2O3.C10H12O2S/c1-15-5-11-19(12-6-15)32-20-4-2-3-16(13-20)14-21(22(28)30)29-23(31)17-7-9-18(10-8-17)24(25,26)27;11-10(12)6-7-13-8-9-4-2-1-3-5-9/h2-14H,1H3,(H2,28,30)(H,29,31);1-5H,6-8H2,(H,11,12)/b21-14+;. The molecule has 0 fully saturated rings. The summed E-state index contributed by atoms with van der Waals surface area (Å²) in [5.74, 6) is 0.313. The average Bonchev–Trinajstić information content (AvgIpc) is 3.01. The van der Waals surface area contributed by atoms with Crippen molar-refractivity contribution < 1.29 is 37.4 Å². The van der Waals surface area contributed by atoms with E-state index in [-0.39, 0.29) is 17.7 Å². The number of benzene rings is 4. The van der Waals surface area contributed by atoms with Crippen molar-refractivity contribution in [3.63, 3.8) is 0 Å². The molecule has 2 amide bonds. The number of halogens is 3. The number of nitrogens with two attached hydrogens (primary N) is 1. The molecule has 45 heavy (non-hydrogen) atoms. The summed E-state index contributed by atoms with van der Waals surface area (Å²) in [6.45, 7) is 1.96. The molecule has 0 aliphatic rings. The fraction of sp³-hybridized carbons (Fsp3) is 0.147. The summed E-state index contributed by atoms with van der Waals surface area (Å²) in [5, 5.41) is 10.7. The van der Waals surface area contributed by atoms with Gasteiger partial charge in [0.25, 0.3) is 11.8 Å². The van der Waals surface area contributed by atoms with Crippen molar-refractivity contribution in [2.24, 2.45) is 5.73 Å². The molecule has 11 heteroatoms. The number of ether oxygens (including phenoxy) is 1. The number of hydrogen-bond donors (Lipinski definition) is 3. The summed E-state index contributed by atoms with van der Waals surface area (Å²) in [7, 11) is 0. The molecule has 0 atom stereocenters. The van der Waals surface area contributed by atoms with Crippen LogP contribution in [0.15, 0.2) is 109 Å². The van der Waals surface area contributed by atoms with E-state index in [2.05, 4.69) is 5.32 Å². The van der Waals surface area contributed by atoms with Crippen LogP contribution in [0.5, 0.6) is 11.5 Å². The fourth-order valence-corrected chi connectivity index (χ4v) is 4.57. The minimum absolute atomic E-state index is 0.0541. The lowest BCUT2D eigenvalue weighted by molar-refractivity contribution is -0.138. The monoisotopic (exact) mass is 636 g/mol. The second kappa shape index (κ2) is 16.7. The number of rotatable bonds is 11. The van der Waals surface area contributed by atoms with Crippen molar-refractivity contribution in [1.29, 1.82) is 0 Å². The number of amides is 2. The molecule has 4 N–H and O–H groups in total. The lowest BCUT2D eigenvalue weighted by Crippen LogP contribution is -2.31. The van der Waals surface area contributed by atoms with E-state index in [1.165, 1.54) is 11.6 Å². The lowest BCUT2D eigenvalue weighted by Gasteiger charge is -2.10. The third kappa shape index (κ3) is 12.2. The molecule has 0 saturated carbocycles. The predicted octanol–water partition coefficient (Wildman–Crippen LogP) is 7.46. The maximum absolute atomic E-state index is 12.7. The Morgan fingerprint density at radius 1 is 0.889 bits per heavy atom. The molecule has 0 unspecified atom stereocenters. The van der Waals surface area contributed by atoms with Crippen molar-refractivity contribution in [2.45, 2.75) is 25.3 Å². The molecule has 0 aromatic heterocycles. The first-order chi connectivity index (χ1) is 21.4. The van der Waals surface area contributed by atoms with E-state index in [1.54, 1.807) is 36.0 Å². The third-order valence-corrected chi connectivity index (χ3v) is 7.02. The molecule has 234 valence electrons. The summed E-state index contributed by atoms with van der Waals surface area (Å²) in [5.41, 5.74) is 7.07. The highest BCUT2D eigenvalue weighted by Crippen LogP contribution is 2.29. The van der Waals surface area contributed by atoms with Crippen LogP contribution in [0.25, 0.3) is 6.08 Å². The Balaban J connectivity index is 0.000000355. The highest BCUT2D eigenvalue weighted by atomic mass is 32.2. The van der Waals surface area contributed by atoms with Gasteiger partial charge in [0.1, 0.15) is 17.2 Å². The molecule has 0 aliphatic heterocycles. The van der Waals surface area contributed by atoms with E-state index in [9.17, 15) is 27.6 Å². The highest BCUT2D eigenvalue weighted by Gasteiger charge is 2.30. The molecule has 0 aliphatic carbocycles. The zero-order valence-corrected chi connectivity index (χ0v) is 25.0. The fourth-order valence-electron chi connectivity index (χ4n) is 3.67. The first kappa shape index (κ1) is 34.5. The summed E-state index contributed by atoms with van der Waals surface area (Å²) in [6.07, 6.45) is -2.91. The minimum atomic E-state index is -4.51. The number of thioether (sulfide) groups is 1. The molecule has 7 nitrogen and oxygen atoms in total. The topological polar surface area (TPSA) is 119 Å². The number of aliphatic carboxylic acids is 1. The van der Waals surface area contributed by atoms with Crippen LogP contribution in [0, 0.1) is 6.92 Å². The van der Waals surface area contributed by atoms with E-state index in [0.29, 0.717) is 22.8 Å². The third-order valence-electron chi connectivity index (χ3n) is 5.99. The quantitative estimate of drug-likeness (QED) is 0.116. The molecule has 0 spiro atoms. The number of hydrogen-bond acceptors (Lipinski definition) is 5. The summed E-state index contributed by atoms with van der Waals surface area (Å²) >= 11 is 1.65. The van der Waals surface area contributed by atoms with Crippen LogP contribution in [0.4, 0.5) is 13.2 Å². The van der Waals surface area contributed by atoms with Crippen molar-refractivity contribution in [3.8, 4) is 11.5 Å². The van der Waals surface area contributed by atoms with Gasteiger partial charge in [-0.1, -0.05) is 60.2 Å². The Morgan fingerprint density at radius 2 is 1.56 bits per heavy atom. The smallest absolute Gasteiger partial charge is 0.416 e. The first-order valence-electron chi connectivity index (χ1n) is 13.6. The second-order valence-electron chi connectivity index (χ2n) is 9.62. The molecular weight excluding hydrogens is 605 g/mol.